The fourth-order valence-electron chi connectivity index (χ4n) is 6.11. The van der Waals surface area contributed by atoms with Crippen molar-refractivity contribution in [3.05, 3.63) is 0 Å². The van der Waals surface area contributed by atoms with E-state index in [4.69, 9.17) is 37.9 Å². The van der Waals surface area contributed by atoms with E-state index in [9.17, 15) is 38.4 Å². The van der Waals surface area contributed by atoms with Gasteiger partial charge in [-0.1, -0.05) is 13.8 Å². The first-order valence-corrected chi connectivity index (χ1v) is 16.2. The van der Waals surface area contributed by atoms with Gasteiger partial charge in [0, 0.05) is 0 Å². The van der Waals surface area contributed by atoms with Crippen LogP contribution < -0.4 is 0 Å². The van der Waals surface area contributed by atoms with E-state index in [1.54, 1.807) is 13.8 Å². The fourth-order valence-corrected chi connectivity index (χ4v) is 6.11. The lowest BCUT2D eigenvalue weighted by Gasteiger charge is -2.28. The molecule has 0 rings (SSSR count). The highest BCUT2D eigenvalue weighted by Crippen LogP contribution is 2.34. The summed E-state index contributed by atoms with van der Waals surface area (Å²) in [5, 5.41) is 0. The van der Waals surface area contributed by atoms with Crippen LogP contribution in [0.5, 0.6) is 0 Å². The van der Waals surface area contributed by atoms with Crippen molar-refractivity contribution in [1.29, 1.82) is 0 Å². The molecule has 286 valence electrons. The number of esters is 8. The van der Waals surface area contributed by atoms with Crippen molar-refractivity contribution in [2.45, 2.75) is 65.2 Å². The second-order valence-corrected chi connectivity index (χ2v) is 12.0. The Bertz CT molecular complexity index is 1150. The number of carbonyl (C=O) groups is 8. The predicted molar refractivity (Wildman–Crippen MR) is 172 cm³/mol. The highest BCUT2D eigenvalue weighted by atomic mass is 16.5. The summed E-state index contributed by atoms with van der Waals surface area (Å²) in [5.41, 5.74) is 0. The average molecular weight is 719 g/mol. The molecule has 0 aromatic heterocycles. The highest BCUT2D eigenvalue weighted by Gasteiger charge is 2.40. The van der Waals surface area contributed by atoms with E-state index in [0.29, 0.717) is 6.42 Å². The smallest absolute Gasteiger partial charge is 0.308 e. The molecule has 16 nitrogen and oxygen atoms in total. The Hall–Kier alpha value is -4.24. The van der Waals surface area contributed by atoms with Crippen LogP contribution in [0.2, 0.25) is 0 Å². The minimum atomic E-state index is -1.15. The zero-order chi connectivity index (χ0) is 38.6. The van der Waals surface area contributed by atoms with Gasteiger partial charge in [-0.25, -0.2) is 0 Å². The van der Waals surface area contributed by atoms with Crippen molar-refractivity contribution in [2.24, 2.45) is 47.3 Å². The number of hydrogen-bond donors (Lipinski definition) is 0. The molecule has 0 spiro atoms. The average Bonchev–Trinajstić information content (AvgIpc) is 3.14. The number of rotatable bonds is 23. The molecular formula is C34H54O16. The molecule has 8 unspecified atom stereocenters. The molecule has 50 heavy (non-hydrogen) atoms. The summed E-state index contributed by atoms with van der Waals surface area (Å²) >= 11 is 0. The molecule has 0 heterocycles. The molecule has 0 saturated heterocycles. The van der Waals surface area contributed by atoms with Gasteiger partial charge in [0.2, 0.25) is 0 Å². The summed E-state index contributed by atoms with van der Waals surface area (Å²) in [6.07, 6.45) is -0.823. The molecule has 0 saturated carbocycles. The molecule has 0 fully saturated rings. The minimum Gasteiger partial charge on any atom is -0.469 e. The molecule has 0 aliphatic rings. The zero-order valence-electron chi connectivity index (χ0n) is 30.8. The van der Waals surface area contributed by atoms with E-state index in [2.05, 4.69) is 0 Å². The van der Waals surface area contributed by atoms with E-state index in [1.807, 2.05) is 0 Å². The monoisotopic (exact) mass is 718 g/mol. The largest absolute Gasteiger partial charge is 0.469 e. The van der Waals surface area contributed by atoms with Gasteiger partial charge in [-0.2, -0.15) is 0 Å². The first kappa shape index (κ1) is 45.8. The van der Waals surface area contributed by atoms with E-state index in [1.165, 1.54) is 21.3 Å². The molecule has 16 heteroatoms. The molecule has 0 aromatic carbocycles. The van der Waals surface area contributed by atoms with Crippen molar-refractivity contribution < 1.29 is 76.3 Å². The Labute approximate surface area is 293 Å². The van der Waals surface area contributed by atoms with E-state index in [0.717, 1.165) is 35.5 Å². The van der Waals surface area contributed by atoms with Gasteiger partial charge in [0.25, 0.3) is 0 Å². The molecule has 8 atom stereocenters. The Morgan fingerprint density at radius 3 is 0.700 bits per heavy atom. The summed E-state index contributed by atoms with van der Waals surface area (Å²) in [6, 6.07) is 0. The molecule has 0 radical (unpaired) electrons. The van der Waals surface area contributed by atoms with Gasteiger partial charge in [0.05, 0.1) is 104 Å². The van der Waals surface area contributed by atoms with Crippen LogP contribution in [0.15, 0.2) is 0 Å². The van der Waals surface area contributed by atoms with Gasteiger partial charge < -0.3 is 37.9 Å². The van der Waals surface area contributed by atoms with Crippen LogP contribution in [0, 0.1) is 47.3 Å². The van der Waals surface area contributed by atoms with Gasteiger partial charge in [-0.3, -0.25) is 38.4 Å². The maximum atomic E-state index is 13.2. The van der Waals surface area contributed by atoms with Crippen LogP contribution in [-0.2, 0) is 76.3 Å². The van der Waals surface area contributed by atoms with E-state index < -0.39 is 95.1 Å². The van der Waals surface area contributed by atoms with Crippen LogP contribution >= 0.6 is 0 Å². The van der Waals surface area contributed by atoms with E-state index >= 15 is 0 Å². The SMILES string of the molecule is CCC(CC(CC(CC(CC(CC(CC(CC(C)C(=O)OC)C(=O)OC)C(=O)OC)C(=O)OC)C(=O)OC)C(=O)OC)C(=O)OC)C(=O)OC. The first-order valence-electron chi connectivity index (χ1n) is 16.2. The van der Waals surface area contributed by atoms with Crippen molar-refractivity contribution >= 4 is 47.8 Å². The lowest BCUT2D eigenvalue weighted by atomic mass is 9.77. The van der Waals surface area contributed by atoms with Crippen molar-refractivity contribution in [2.75, 3.05) is 56.9 Å². The molecule has 0 bridgehead atoms. The van der Waals surface area contributed by atoms with Gasteiger partial charge >= 0.3 is 47.8 Å². The van der Waals surface area contributed by atoms with Crippen molar-refractivity contribution in [3.8, 4) is 0 Å². The van der Waals surface area contributed by atoms with Crippen molar-refractivity contribution in [1.82, 2.24) is 0 Å². The van der Waals surface area contributed by atoms with Crippen LogP contribution in [0.3, 0.4) is 0 Å². The normalized spacial score (nSPS) is 15.6. The third-order valence-electron chi connectivity index (χ3n) is 8.89. The number of hydrogen-bond acceptors (Lipinski definition) is 16. The molecule has 0 N–H and O–H groups in total. The third kappa shape index (κ3) is 14.7. The number of ether oxygens (including phenoxy) is 8. The van der Waals surface area contributed by atoms with E-state index in [-0.39, 0.29) is 44.9 Å². The molecule has 0 aliphatic heterocycles. The zero-order valence-corrected chi connectivity index (χ0v) is 30.8. The Kier molecular flexibility index (Phi) is 22.0. The first-order chi connectivity index (χ1) is 23.6. The number of carbonyl (C=O) groups excluding carboxylic acids is 8. The summed E-state index contributed by atoms with van der Waals surface area (Å²) in [5.74, 6) is -13.5. The van der Waals surface area contributed by atoms with Crippen LogP contribution in [-0.4, -0.2) is 105 Å². The lowest BCUT2D eigenvalue weighted by molar-refractivity contribution is -0.154. The Morgan fingerprint density at radius 1 is 0.320 bits per heavy atom. The van der Waals surface area contributed by atoms with Gasteiger partial charge in [-0.15, -0.1) is 0 Å². The van der Waals surface area contributed by atoms with Crippen LogP contribution in [0.25, 0.3) is 0 Å². The topological polar surface area (TPSA) is 210 Å². The molecule has 0 aromatic rings. The summed E-state index contributed by atoms with van der Waals surface area (Å²) in [6.45, 7) is 3.29. The van der Waals surface area contributed by atoms with Gasteiger partial charge in [0.15, 0.2) is 0 Å². The summed E-state index contributed by atoms with van der Waals surface area (Å²) < 4.78 is 39.5. The second-order valence-electron chi connectivity index (χ2n) is 12.0. The fraction of sp³-hybridized carbons (Fsp3) is 0.765. The quantitative estimate of drug-likeness (QED) is 0.110. The summed E-state index contributed by atoms with van der Waals surface area (Å²) in [4.78, 5) is 102. The minimum absolute atomic E-state index is 0.00617. The van der Waals surface area contributed by atoms with Crippen LogP contribution in [0.1, 0.15) is 65.2 Å². The predicted octanol–water partition coefficient (Wildman–Crippen LogP) is 2.46. The number of methoxy groups -OCH3 is 8. The maximum Gasteiger partial charge on any atom is 0.308 e. The van der Waals surface area contributed by atoms with Gasteiger partial charge in [-0.05, 0) is 51.4 Å². The molecule has 0 amide bonds. The standard InChI is InChI=1S/C34H54O16/c1-11-20(28(36)44-4)13-22(30(38)46-6)15-24(32(40)48-8)17-26(34(42)50-10)18-25(33(41)49-9)16-23(31(39)47-7)14-21(29(37)45-5)12-19(2)27(35)43-3/h19-26H,11-18H2,1-10H3. The molecule has 0 aliphatic carbocycles. The van der Waals surface area contributed by atoms with Gasteiger partial charge in [0.1, 0.15) is 0 Å². The second kappa shape index (κ2) is 24.0. The lowest BCUT2D eigenvalue weighted by Crippen LogP contribution is -2.34. The maximum absolute atomic E-state index is 13.2. The highest BCUT2D eigenvalue weighted by molar-refractivity contribution is 5.81. The molecular weight excluding hydrogens is 664 g/mol. The van der Waals surface area contributed by atoms with Crippen molar-refractivity contribution in [3.63, 3.8) is 0 Å². The third-order valence-corrected chi connectivity index (χ3v) is 8.89. The summed E-state index contributed by atoms with van der Waals surface area (Å²) in [7, 11) is 9.25. The Morgan fingerprint density at radius 2 is 0.500 bits per heavy atom. The Balaban J connectivity index is 6.63. The van der Waals surface area contributed by atoms with Crippen LogP contribution in [0.4, 0.5) is 0 Å².